The fourth-order valence-corrected chi connectivity index (χ4v) is 7.76. The quantitative estimate of drug-likeness (QED) is 0.205. The fourth-order valence-electron chi connectivity index (χ4n) is 7.76. The van der Waals surface area contributed by atoms with E-state index in [9.17, 15) is 19.2 Å². The molecule has 0 spiro atoms. The number of benzene rings is 2. The van der Waals surface area contributed by atoms with E-state index in [1.54, 1.807) is 0 Å². The van der Waals surface area contributed by atoms with Crippen LogP contribution in [0.4, 0.5) is 0 Å². The van der Waals surface area contributed by atoms with Gasteiger partial charge in [0.1, 0.15) is 6.04 Å². The number of primary amides is 1. The Labute approximate surface area is 291 Å². The molecule has 0 aromatic heterocycles. The van der Waals surface area contributed by atoms with E-state index in [1.807, 2.05) is 63.2 Å². The summed E-state index contributed by atoms with van der Waals surface area (Å²) < 4.78 is 5.70. The Morgan fingerprint density at radius 1 is 0.898 bits per heavy atom. The SMILES string of the molecule is CC(C)(C)CNC(=O)C[C@H](NC1(C2(C(N)=O)CCCCC2)COC1)C(=O)N[C@@H](CCc1ccccc1)C(=O)N[C@@H]1CCCc2ccccc21. The molecule has 1 aliphatic heterocycles. The first kappa shape index (κ1) is 36.5. The number of aryl methyl sites for hydroxylation is 2. The maximum atomic E-state index is 14.4. The highest BCUT2D eigenvalue weighted by Gasteiger charge is 2.60. The summed E-state index contributed by atoms with van der Waals surface area (Å²) >= 11 is 0. The number of carbonyl (C=O) groups excluding carboxylic acids is 4. The molecule has 0 bridgehead atoms. The third kappa shape index (κ3) is 8.89. The summed E-state index contributed by atoms with van der Waals surface area (Å²) in [6.07, 6.45) is 7.43. The Morgan fingerprint density at radius 3 is 2.24 bits per heavy atom. The number of amides is 4. The average Bonchev–Trinajstić information content (AvgIpc) is 3.07. The van der Waals surface area contributed by atoms with Crippen molar-refractivity contribution in [2.45, 2.75) is 115 Å². The molecule has 2 aromatic carbocycles. The number of carbonyl (C=O) groups is 4. The first-order valence-corrected chi connectivity index (χ1v) is 18.1. The van der Waals surface area contributed by atoms with Crippen LogP contribution >= 0.6 is 0 Å². The minimum Gasteiger partial charge on any atom is -0.377 e. The standard InChI is InChI=1S/C39H55N5O5/c1-37(2,3)24-41-33(45)23-32(44-39(25-49-26-39)38(36(40)48)21-10-5-11-22-38)35(47)43-31(20-19-27-13-6-4-7-14-27)34(46)42-30-18-12-16-28-15-8-9-17-29(28)30/h4,6-9,13-15,17,30-32,44H,5,10-12,16,18-26H2,1-3H3,(H2,40,48)(H,41,45)(H,42,46)(H,43,47)/t30-,31+,32+/m1/s1. The van der Waals surface area contributed by atoms with Crippen molar-refractivity contribution in [2.24, 2.45) is 16.6 Å². The van der Waals surface area contributed by atoms with Crippen LogP contribution in [0.15, 0.2) is 54.6 Å². The lowest BCUT2D eigenvalue weighted by atomic mass is 9.59. The maximum absolute atomic E-state index is 14.4. The lowest BCUT2D eigenvalue weighted by molar-refractivity contribution is -0.174. The van der Waals surface area contributed by atoms with Gasteiger partial charge in [-0.05, 0) is 67.1 Å². The molecule has 2 aromatic rings. The highest BCUT2D eigenvalue weighted by atomic mass is 16.5. The minimum absolute atomic E-state index is 0.150. The topological polar surface area (TPSA) is 152 Å². The molecule has 49 heavy (non-hydrogen) atoms. The van der Waals surface area contributed by atoms with E-state index in [2.05, 4.69) is 33.4 Å². The largest absolute Gasteiger partial charge is 0.377 e. The van der Waals surface area contributed by atoms with Crippen LogP contribution in [0.1, 0.15) is 101 Å². The zero-order chi connectivity index (χ0) is 35.1. The van der Waals surface area contributed by atoms with Crippen LogP contribution in [0, 0.1) is 10.8 Å². The molecule has 10 nitrogen and oxygen atoms in total. The Balaban J connectivity index is 1.40. The minimum atomic E-state index is -1.02. The number of hydrogen-bond donors (Lipinski definition) is 5. The Hall–Kier alpha value is -3.76. The van der Waals surface area contributed by atoms with Crippen LogP contribution in [-0.4, -0.2) is 61.0 Å². The maximum Gasteiger partial charge on any atom is 0.243 e. The van der Waals surface area contributed by atoms with Gasteiger partial charge in [-0.3, -0.25) is 24.5 Å². The normalized spacial score (nSPS) is 20.8. The molecule has 4 amide bonds. The molecule has 1 saturated carbocycles. The molecule has 1 saturated heterocycles. The van der Waals surface area contributed by atoms with Crippen LogP contribution in [-0.2, 0) is 36.8 Å². The van der Waals surface area contributed by atoms with Gasteiger partial charge in [-0.25, -0.2) is 0 Å². The molecule has 0 radical (unpaired) electrons. The van der Waals surface area contributed by atoms with E-state index in [1.165, 1.54) is 5.56 Å². The number of nitrogens with two attached hydrogens (primary N) is 1. The number of rotatable bonds is 14. The van der Waals surface area contributed by atoms with Crippen molar-refractivity contribution >= 4 is 23.6 Å². The van der Waals surface area contributed by atoms with E-state index in [0.717, 1.165) is 49.7 Å². The molecule has 1 heterocycles. The molecular formula is C39H55N5O5. The smallest absolute Gasteiger partial charge is 0.243 e. The average molecular weight is 674 g/mol. The van der Waals surface area contributed by atoms with E-state index < -0.39 is 34.9 Å². The Kier molecular flexibility index (Phi) is 11.8. The van der Waals surface area contributed by atoms with Gasteiger partial charge in [0.2, 0.25) is 23.6 Å². The van der Waals surface area contributed by atoms with Crippen LogP contribution in [0.25, 0.3) is 0 Å². The summed E-state index contributed by atoms with van der Waals surface area (Å²) in [6.45, 7) is 6.93. The molecule has 0 unspecified atom stereocenters. The Bertz CT molecular complexity index is 1460. The van der Waals surface area contributed by atoms with Crippen molar-refractivity contribution in [3.63, 3.8) is 0 Å². The van der Waals surface area contributed by atoms with Crippen LogP contribution < -0.4 is 27.0 Å². The molecule has 3 aliphatic rings. The summed E-state index contributed by atoms with van der Waals surface area (Å²) in [6, 6.07) is 16.0. The first-order chi connectivity index (χ1) is 23.4. The molecular weight excluding hydrogens is 618 g/mol. The third-order valence-electron chi connectivity index (χ3n) is 10.6. The zero-order valence-electron chi connectivity index (χ0n) is 29.4. The van der Waals surface area contributed by atoms with Gasteiger partial charge in [0.05, 0.1) is 42.7 Å². The van der Waals surface area contributed by atoms with Crippen LogP contribution in [0.2, 0.25) is 0 Å². The van der Waals surface area contributed by atoms with Crippen molar-refractivity contribution in [3.8, 4) is 0 Å². The van der Waals surface area contributed by atoms with Gasteiger partial charge >= 0.3 is 0 Å². The van der Waals surface area contributed by atoms with Gasteiger partial charge in [0, 0.05) is 6.54 Å². The lowest BCUT2D eigenvalue weighted by Gasteiger charge is -2.56. The Morgan fingerprint density at radius 2 is 1.59 bits per heavy atom. The first-order valence-electron chi connectivity index (χ1n) is 18.1. The fraction of sp³-hybridized carbons (Fsp3) is 0.590. The van der Waals surface area contributed by atoms with Gasteiger partial charge in [-0.2, -0.15) is 0 Å². The summed E-state index contributed by atoms with van der Waals surface area (Å²) in [4.78, 5) is 55.0. The summed E-state index contributed by atoms with van der Waals surface area (Å²) in [5.41, 5.74) is 7.57. The highest BCUT2D eigenvalue weighted by molar-refractivity contribution is 5.93. The van der Waals surface area contributed by atoms with Gasteiger partial charge in [-0.15, -0.1) is 0 Å². The summed E-state index contributed by atoms with van der Waals surface area (Å²) in [5.74, 6) is -1.43. The summed E-state index contributed by atoms with van der Waals surface area (Å²) in [5, 5.41) is 12.7. The highest BCUT2D eigenvalue weighted by Crippen LogP contribution is 2.48. The van der Waals surface area contributed by atoms with Crippen molar-refractivity contribution in [2.75, 3.05) is 19.8 Å². The number of nitrogens with one attached hydrogen (secondary N) is 4. The van der Waals surface area contributed by atoms with E-state index in [-0.39, 0.29) is 42.9 Å². The molecule has 3 atom stereocenters. The van der Waals surface area contributed by atoms with Crippen molar-refractivity contribution in [1.29, 1.82) is 0 Å². The molecule has 2 fully saturated rings. The molecule has 10 heteroatoms. The predicted octanol–water partition coefficient (Wildman–Crippen LogP) is 4.01. The number of hydrogen-bond acceptors (Lipinski definition) is 6. The number of ether oxygens (including phenoxy) is 1. The van der Waals surface area contributed by atoms with Crippen molar-refractivity contribution < 1.29 is 23.9 Å². The van der Waals surface area contributed by atoms with Gasteiger partial charge in [0.15, 0.2) is 0 Å². The van der Waals surface area contributed by atoms with Crippen molar-refractivity contribution in [3.05, 3.63) is 71.3 Å². The van der Waals surface area contributed by atoms with E-state index >= 15 is 0 Å². The molecule has 2 aliphatic carbocycles. The number of fused-ring (bicyclic) bond motifs is 1. The van der Waals surface area contributed by atoms with Gasteiger partial charge in [0.25, 0.3) is 0 Å². The molecule has 6 N–H and O–H groups in total. The van der Waals surface area contributed by atoms with E-state index in [4.69, 9.17) is 10.5 Å². The lowest BCUT2D eigenvalue weighted by Crippen LogP contribution is -2.76. The van der Waals surface area contributed by atoms with Crippen LogP contribution in [0.5, 0.6) is 0 Å². The zero-order valence-corrected chi connectivity index (χ0v) is 29.4. The monoisotopic (exact) mass is 673 g/mol. The second kappa shape index (κ2) is 15.9. The van der Waals surface area contributed by atoms with Gasteiger partial charge < -0.3 is 26.4 Å². The van der Waals surface area contributed by atoms with Gasteiger partial charge in [-0.1, -0.05) is 94.6 Å². The molecule has 5 rings (SSSR count). The second-order valence-corrected chi connectivity index (χ2v) is 15.6. The van der Waals surface area contributed by atoms with Crippen LogP contribution in [0.3, 0.4) is 0 Å². The van der Waals surface area contributed by atoms with E-state index in [0.29, 0.717) is 32.2 Å². The predicted molar refractivity (Wildman–Crippen MR) is 189 cm³/mol. The van der Waals surface area contributed by atoms with Crippen molar-refractivity contribution in [1.82, 2.24) is 21.3 Å². The summed E-state index contributed by atoms with van der Waals surface area (Å²) in [7, 11) is 0. The third-order valence-corrected chi connectivity index (χ3v) is 10.6. The second-order valence-electron chi connectivity index (χ2n) is 15.6. The molecule has 266 valence electrons.